The summed E-state index contributed by atoms with van der Waals surface area (Å²) in [5, 5.41) is 17.8. The standard InChI is InChI=1S/C32H21N2O6P.Na/c33-21-25-11-7-23(8-12-25)15-17-31(35)27-3-1-5-29(19-27)39-41(37,38)40-30-6-2-4-28(20-30)32(36)18-16-24-9-13-26(22-34)14-10-24;/h1-20H,(H,37,38);/q;+1/p-1. The molecular weight excluding hydrogens is 562 g/mol. The first-order chi connectivity index (χ1) is 19.7. The van der Waals surface area contributed by atoms with Crippen LogP contribution in [-0.2, 0) is 4.57 Å². The molecule has 0 unspecified atom stereocenters. The SMILES string of the molecule is N#Cc1ccc(C=CC(=O)c2cccc(OP(=O)([O-])Oc3cccc(C(=O)C=Cc4ccc(C#N)cc4)c3)c2)cc1.[Na+]. The van der Waals surface area contributed by atoms with Gasteiger partial charge >= 0.3 is 37.4 Å². The average Bonchev–Trinajstić information content (AvgIpc) is 2.99. The zero-order valence-electron chi connectivity index (χ0n) is 22.3. The maximum atomic E-state index is 12.6. The van der Waals surface area contributed by atoms with E-state index in [9.17, 15) is 19.0 Å². The molecule has 8 nitrogen and oxygen atoms in total. The molecule has 0 atom stereocenters. The van der Waals surface area contributed by atoms with E-state index in [0.717, 1.165) is 0 Å². The van der Waals surface area contributed by atoms with E-state index in [4.69, 9.17) is 19.6 Å². The van der Waals surface area contributed by atoms with E-state index in [0.29, 0.717) is 22.3 Å². The number of hydrogen-bond acceptors (Lipinski definition) is 8. The summed E-state index contributed by atoms with van der Waals surface area (Å²) in [7, 11) is -4.94. The third kappa shape index (κ3) is 9.26. The quantitative estimate of drug-likeness (QED) is 0.120. The number of nitrogens with zero attached hydrogens (tertiary/aromatic N) is 2. The number of ketones is 2. The summed E-state index contributed by atoms with van der Waals surface area (Å²) in [4.78, 5) is 37.8. The van der Waals surface area contributed by atoms with Crippen molar-refractivity contribution < 1.29 is 57.7 Å². The van der Waals surface area contributed by atoms with Crippen molar-refractivity contribution in [3.63, 3.8) is 0 Å². The molecule has 0 saturated heterocycles. The fourth-order valence-electron chi connectivity index (χ4n) is 3.56. The fraction of sp³-hybridized carbons (Fsp3) is 0. The fourth-order valence-corrected chi connectivity index (χ4v) is 4.34. The molecule has 0 radical (unpaired) electrons. The van der Waals surface area contributed by atoms with Gasteiger partial charge in [-0.05, 0) is 71.8 Å². The van der Waals surface area contributed by atoms with Gasteiger partial charge in [0.1, 0.15) is 11.5 Å². The molecule has 0 aliphatic heterocycles. The van der Waals surface area contributed by atoms with E-state index < -0.39 is 7.82 Å². The monoisotopic (exact) mass is 582 g/mol. The number of benzene rings is 4. The molecule has 0 bridgehead atoms. The van der Waals surface area contributed by atoms with Crippen molar-refractivity contribution >= 4 is 31.5 Å². The van der Waals surface area contributed by atoms with Crippen LogP contribution in [0, 0.1) is 22.7 Å². The van der Waals surface area contributed by atoms with Gasteiger partial charge in [-0.15, -0.1) is 0 Å². The van der Waals surface area contributed by atoms with Crippen LogP contribution in [0.5, 0.6) is 11.5 Å². The Hall–Kier alpha value is -4.53. The van der Waals surface area contributed by atoms with Crippen LogP contribution in [0.3, 0.4) is 0 Å². The predicted molar refractivity (Wildman–Crippen MR) is 151 cm³/mol. The number of carbonyl (C=O) groups is 2. The van der Waals surface area contributed by atoms with Gasteiger partial charge in [0.2, 0.25) is 0 Å². The Morgan fingerprint density at radius 2 is 1.05 bits per heavy atom. The summed E-state index contributed by atoms with van der Waals surface area (Å²) >= 11 is 0. The predicted octanol–water partition coefficient (Wildman–Crippen LogP) is 3.15. The van der Waals surface area contributed by atoms with Crippen molar-refractivity contribution in [2.45, 2.75) is 0 Å². The van der Waals surface area contributed by atoms with Crippen molar-refractivity contribution in [2.75, 3.05) is 0 Å². The van der Waals surface area contributed by atoms with Crippen molar-refractivity contribution in [1.29, 1.82) is 10.5 Å². The molecule has 0 saturated carbocycles. The van der Waals surface area contributed by atoms with E-state index in [1.54, 1.807) is 60.7 Å². The minimum Gasteiger partial charge on any atom is -0.736 e. The van der Waals surface area contributed by atoms with Crippen molar-refractivity contribution in [3.05, 3.63) is 143 Å². The van der Waals surface area contributed by atoms with E-state index in [-0.39, 0.29) is 63.7 Å². The van der Waals surface area contributed by atoms with Gasteiger partial charge in [-0.25, -0.2) is 4.57 Å². The van der Waals surface area contributed by atoms with E-state index in [2.05, 4.69) is 0 Å². The number of allylic oxidation sites excluding steroid dienone is 2. The Morgan fingerprint density at radius 3 is 1.40 bits per heavy atom. The zero-order valence-corrected chi connectivity index (χ0v) is 25.2. The Bertz CT molecular complexity index is 1660. The molecule has 10 heteroatoms. The molecule has 0 aliphatic carbocycles. The first kappa shape index (κ1) is 32.0. The van der Waals surface area contributed by atoms with Crippen molar-refractivity contribution in [1.82, 2.24) is 0 Å². The normalized spacial score (nSPS) is 12.0. The van der Waals surface area contributed by atoms with Gasteiger partial charge in [-0.3, -0.25) is 9.59 Å². The molecule has 4 aromatic carbocycles. The molecular formula is C32H20N2NaO6P. The molecule has 4 aromatic rings. The smallest absolute Gasteiger partial charge is 0.736 e. The van der Waals surface area contributed by atoms with Crippen LogP contribution < -0.4 is 43.5 Å². The number of phosphoric acid groups is 1. The van der Waals surface area contributed by atoms with Crippen LogP contribution in [0.25, 0.3) is 12.2 Å². The second-order valence-electron chi connectivity index (χ2n) is 8.55. The Morgan fingerprint density at radius 1 is 0.667 bits per heavy atom. The number of carbonyl (C=O) groups excluding carboxylic acids is 2. The third-order valence-electron chi connectivity index (χ3n) is 5.61. The van der Waals surface area contributed by atoms with Gasteiger partial charge in [0.15, 0.2) is 11.6 Å². The maximum Gasteiger partial charge on any atom is 1.00 e. The Balaban J connectivity index is 0.00000484. The molecule has 0 aliphatic rings. The molecule has 4 rings (SSSR count). The largest absolute Gasteiger partial charge is 1.00 e. The molecule has 0 spiro atoms. The average molecular weight is 582 g/mol. The van der Waals surface area contributed by atoms with E-state index in [1.807, 2.05) is 12.1 Å². The van der Waals surface area contributed by atoms with Crippen molar-refractivity contribution in [2.24, 2.45) is 0 Å². The van der Waals surface area contributed by atoms with Crippen LogP contribution in [0.2, 0.25) is 0 Å². The van der Waals surface area contributed by atoms with Crippen LogP contribution >= 0.6 is 7.82 Å². The minimum atomic E-state index is -4.94. The van der Waals surface area contributed by atoms with Gasteiger partial charge in [-0.2, -0.15) is 10.5 Å². The topological polar surface area (TPSA) is 140 Å². The van der Waals surface area contributed by atoms with Crippen LogP contribution in [-0.4, -0.2) is 11.6 Å². The van der Waals surface area contributed by atoms with Gasteiger partial charge in [0.25, 0.3) is 0 Å². The minimum absolute atomic E-state index is 0. The van der Waals surface area contributed by atoms with E-state index >= 15 is 0 Å². The van der Waals surface area contributed by atoms with Crippen LogP contribution in [0.4, 0.5) is 0 Å². The summed E-state index contributed by atoms with van der Waals surface area (Å²) in [6.45, 7) is 0. The molecule has 0 fully saturated rings. The molecule has 0 aromatic heterocycles. The molecule has 0 heterocycles. The molecule has 200 valence electrons. The molecule has 0 N–H and O–H groups in total. The summed E-state index contributed by atoms with van der Waals surface area (Å²) in [6, 6.07) is 28.6. The van der Waals surface area contributed by atoms with Gasteiger partial charge in [0, 0.05) is 11.1 Å². The summed E-state index contributed by atoms with van der Waals surface area (Å²) in [6.07, 6.45) is 5.80. The van der Waals surface area contributed by atoms with Gasteiger partial charge in [0.05, 0.1) is 23.3 Å². The second kappa shape index (κ2) is 14.9. The Kier molecular flexibility index (Phi) is 11.4. The second-order valence-corrected chi connectivity index (χ2v) is 9.81. The van der Waals surface area contributed by atoms with Crippen LogP contribution in [0.1, 0.15) is 43.0 Å². The summed E-state index contributed by atoms with van der Waals surface area (Å²) < 4.78 is 22.7. The molecule has 0 amide bonds. The van der Waals surface area contributed by atoms with E-state index in [1.165, 1.54) is 60.7 Å². The first-order valence-corrected chi connectivity index (χ1v) is 13.6. The summed E-state index contributed by atoms with van der Waals surface area (Å²) in [5.41, 5.74) is 2.80. The Labute approximate surface area is 264 Å². The number of rotatable bonds is 10. The zero-order chi connectivity index (χ0) is 29.2. The number of phosphoric ester groups is 1. The van der Waals surface area contributed by atoms with Crippen LogP contribution in [0.15, 0.2) is 109 Å². The summed E-state index contributed by atoms with van der Waals surface area (Å²) in [5.74, 6) is -1.03. The number of nitriles is 2. The maximum absolute atomic E-state index is 12.6. The van der Waals surface area contributed by atoms with Gasteiger partial charge < -0.3 is 13.9 Å². The third-order valence-corrected chi connectivity index (χ3v) is 6.47. The number of hydrogen-bond donors (Lipinski definition) is 0. The van der Waals surface area contributed by atoms with Crippen molar-refractivity contribution in [3.8, 4) is 23.6 Å². The van der Waals surface area contributed by atoms with Gasteiger partial charge in [-0.1, -0.05) is 60.7 Å². The molecule has 42 heavy (non-hydrogen) atoms. The first-order valence-electron chi connectivity index (χ1n) is 12.1.